The molecule has 3 fully saturated rings. The maximum atomic E-state index is 13.3. The van der Waals surface area contributed by atoms with Crippen molar-refractivity contribution in [1.82, 2.24) is 0 Å². The Hall–Kier alpha value is -2.45. The van der Waals surface area contributed by atoms with Crippen LogP contribution in [-0.2, 0) is 14.3 Å². The van der Waals surface area contributed by atoms with E-state index in [0.29, 0.717) is 11.5 Å². The summed E-state index contributed by atoms with van der Waals surface area (Å²) in [5.74, 6) is -0.498. The number of rotatable bonds is 2. The minimum absolute atomic E-state index is 0.0382. The van der Waals surface area contributed by atoms with Gasteiger partial charge < -0.3 is 9.84 Å². The van der Waals surface area contributed by atoms with Gasteiger partial charge >= 0.3 is 5.97 Å². The number of nitriles is 1. The average molecular weight is 504 g/mol. The molecule has 0 saturated heterocycles. The van der Waals surface area contributed by atoms with Crippen LogP contribution in [0.2, 0.25) is 0 Å². The summed E-state index contributed by atoms with van der Waals surface area (Å²) in [5.41, 5.74) is 1.77. The Labute approximate surface area is 221 Å². The molecule has 0 amide bonds. The van der Waals surface area contributed by atoms with E-state index in [2.05, 4.69) is 39.8 Å². The summed E-state index contributed by atoms with van der Waals surface area (Å²) in [4.78, 5) is 25.7. The minimum atomic E-state index is -0.971. The number of hydrogen-bond acceptors (Lipinski definition) is 4. The first-order valence-corrected chi connectivity index (χ1v) is 13.7. The topological polar surface area (TPSA) is 87.4 Å². The van der Waals surface area contributed by atoms with Gasteiger partial charge in [-0.2, -0.15) is 5.26 Å². The van der Waals surface area contributed by atoms with Gasteiger partial charge in [0.15, 0.2) is 5.78 Å². The predicted octanol–water partition coefficient (Wildman–Crippen LogP) is 6.72. The van der Waals surface area contributed by atoms with Gasteiger partial charge in [-0.1, -0.05) is 45.4 Å². The normalized spacial score (nSPS) is 47.8. The summed E-state index contributed by atoms with van der Waals surface area (Å²) in [7, 11) is 1.60. The lowest BCUT2D eigenvalue weighted by Gasteiger charge is -2.70. The molecule has 0 aliphatic heterocycles. The van der Waals surface area contributed by atoms with Crippen molar-refractivity contribution in [1.29, 1.82) is 5.26 Å². The number of carbonyl (C=O) groups is 2. The Morgan fingerprint density at radius 1 is 1.03 bits per heavy atom. The number of ketones is 1. The van der Waals surface area contributed by atoms with E-state index in [9.17, 15) is 20.0 Å². The molecule has 7 atom stereocenters. The number of carbonyl (C=O) groups excluding carboxylic acids is 1. The monoisotopic (exact) mass is 503 g/mol. The number of ether oxygens (including phenoxy) is 1. The average Bonchev–Trinajstić information content (AvgIpc) is 2.85. The van der Waals surface area contributed by atoms with Crippen LogP contribution in [0.3, 0.4) is 0 Å². The summed E-state index contributed by atoms with van der Waals surface area (Å²) in [6.45, 7) is 13.4. The van der Waals surface area contributed by atoms with E-state index in [1.165, 1.54) is 11.6 Å². The van der Waals surface area contributed by atoms with E-state index in [1.807, 2.05) is 19.9 Å². The van der Waals surface area contributed by atoms with Crippen LogP contribution < -0.4 is 0 Å². The van der Waals surface area contributed by atoms with Gasteiger partial charge in [0.2, 0.25) is 0 Å². The van der Waals surface area contributed by atoms with E-state index in [1.54, 1.807) is 13.2 Å². The third-order valence-electron chi connectivity index (χ3n) is 12.3. The van der Waals surface area contributed by atoms with Crippen LogP contribution in [0.4, 0.5) is 0 Å². The SMILES string of the molecule is CO[C@@]1(C)C2=CC=C3[C@@](C)(CC[C@@]4(C)[C@@H]5C[C@](C)(C(=O)O)CC[C@]5(C)CC[C@]34C)C2=CC(=O)/C1=C\C#N. The highest BCUT2D eigenvalue weighted by Crippen LogP contribution is 2.75. The Morgan fingerprint density at radius 3 is 2.32 bits per heavy atom. The summed E-state index contributed by atoms with van der Waals surface area (Å²) in [6, 6.07) is 2.03. The van der Waals surface area contributed by atoms with E-state index in [-0.39, 0.29) is 27.4 Å². The number of nitrogens with zero attached hydrogens (tertiary/aromatic N) is 1. The van der Waals surface area contributed by atoms with Gasteiger partial charge in [0.05, 0.1) is 11.5 Å². The minimum Gasteiger partial charge on any atom is -0.481 e. The second-order valence-corrected chi connectivity index (χ2v) is 13.9. The molecule has 0 aromatic rings. The molecule has 5 aliphatic carbocycles. The lowest BCUT2D eigenvalue weighted by molar-refractivity contribution is -0.178. The molecule has 5 aliphatic rings. The lowest BCUT2D eigenvalue weighted by Crippen LogP contribution is -2.62. The van der Waals surface area contributed by atoms with E-state index in [4.69, 9.17) is 4.74 Å². The molecule has 0 radical (unpaired) electrons. The fourth-order valence-electron chi connectivity index (χ4n) is 9.31. The molecule has 0 unspecified atom stereocenters. The van der Waals surface area contributed by atoms with Crippen molar-refractivity contribution in [3.63, 3.8) is 0 Å². The molecule has 37 heavy (non-hydrogen) atoms. The maximum absolute atomic E-state index is 13.3. The van der Waals surface area contributed by atoms with Crippen molar-refractivity contribution in [2.24, 2.45) is 33.0 Å². The molecule has 0 spiro atoms. The number of allylic oxidation sites excluding steroid dienone is 5. The molecule has 0 aromatic carbocycles. The van der Waals surface area contributed by atoms with Crippen LogP contribution in [-0.4, -0.2) is 29.6 Å². The highest BCUT2D eigenvalue weighted by Gasteiger charge is 2.67. The summed E-state index contributed by atoms with van der Waals surface area (Å²) < 4.78 is 5.96. The number of methoxy groups -OCH3 is 1. The molecule has 5 nitrogen and oxygen atoms in total. The molecular formula is C32H41NO4. The second-order valence-electron chi connectivity index (χ2n) is 13.9. The Morgan fingerprint density at radius 2 is 1.70 bits per heavy atom. The van der Waals surface area contributed by atoms with Crippen molar-refractivity contribution in [2.45, 2.75) is 92.1 Å². The Bertz CT molecular complexity index is 1260. The quantitative estimate of drug-likeness (QED) is 0.334. The molecule has 3 saturated carbocycles. The van der Waals surface area contributed by atoms with Crippen LogP contribution in [0.5, 0.6) is 0 Å². The van der Waals surface area contributed by atoms with Gasteiger partial charge in [0.1, 0.15) is 5.60 Å². The van der Waals surface area contributed by atoms with Crippen molar-refractivity contribution < 1.29 is 19.4 Å². The van der Waals surface area contributed by atoms with Crippen LogP contribution in [0.25, 0.3) is 0 Å². The number of fused-ring (bicyclic) bond motifs is 7. The first-order chi connectivity index (χ1) is 17.2. The third-order valence-corrected chi connectivity index (χ3v) is 12.3. The molecule has 5 heteroatoms. The zero-order chi connectivity index (χ0) is 27.2. The van der Waals surface area contributed by atoms with Gasteiger partial charge in [-0.05, 0) is 98.2 Å². The second kappa shape index (κ2) is 7.79. The summed E-state index contributed by atoms with van der Waals surface area (Å²) in [6.07, 6.45) is 14.0. The first kappa shape index (κ1) is 26.2. The van der Waals surface area contributed by atoms with Crippen LogP contribution >= 0.6 is 0 Å². The van der Waals surface area contributed by atoms with Crippen molar-refractivity contribution >= 4 is 11.8 Å². The maximum Gasteiger partial charge on any atom is 0.309 e. The zero-order valence-electron chi connectivity index (χ0n) is 23.5. The summed E-state index contributed by atoms with van der Waals surface area (Å²) >= 11 is 0. The van der Waals surface area contributed by atoms with Gasteiger partial charge in [0.25, 0.3) is 0 Å². The lowest BCUT2D eigenvalue weighted by atomic mass is 9.34. The largest absolute Gasteiger partial charge is 0.481 e. The van der Waals surface area contributed by atoms with Crippen LogP contribution in [0.15, 0.2) is 46.6 Å². The van der Waals surface area contributed by atoms with Crippen molar-refractivity contribution in [3.05, 3.63) is 46.6 Å². The molecule has 5 rings (SSSR count). The smallest absolute Gasteiger partial charge is 0.309 e. The number of carboxylic acid groups (broad SMARTS) is 1. The number of aliphatic carboxylic acids is 1. The molecule has 1 N–H and O–H groups in total. The van der Waals surface area contributed by atoms with Gasteiger partial charge in [-0.3, -0.25) is 9.59 Å². The zero-order valence-corrected chi connectivity index (χ0v) is 23.5. The highest BCUT2D eigenvalue weighted by atomic mass is 16.5. The molecule has 0 heterocycles. The third kappa shape index (κ3) is 3.11. The predicted molar refractivity (Wildman–Crippen MR) is 142 cm³/mol. The molecule has 0 aromatic heterocycles. The fourth-order valence-corrected chi connectivity index (χ4v) is 9.31. The van der Waals surface area contributed by atoms with E-state index in [0.717, 1.165) is 56.1 Å². The van der Waals surface area contributed by atoms with Gasteiger partial charge in [0, 0.05) is 24.2 Å². The highest BCUT2D eigenvalue weighted by molar-refractivity contribution is 6.09. The van der Waals surface area contributed by atoms with Crippen molar-refractivity contribution in [2.75, 3.05) is 7.11 Å². The van der Waals surface area contributed by atoms with Crippen molar-refractivity contribution in [3.8, 4) is 6.07 Å². The fraction of sp³-hybridized carbons (Fsp3) is 0.656. The standard InChI is InChI=1S/C32H41NO4/c1-27-11-12-28(2,26(35)36)19-25(27)31(5)16-14-29(3)22-18-23(34)21(10-17-33)32(6,37-7)20(22)8-9-24(29)30(31,4)15-13-27/h8-10,18,25H,11-16,19H2,1-7H3,(H,35,36)/b21-10+/t25-,27-,28-,29+,30-,31+,32+/m1/s1. The van der Waals surface area contributed by atoms with Gasteiger partial charge in [-0.25, -0.2) is 0 Å². The van der Waals surface area contributed by atoms with E-state index < -0.39 is 17.0 Å². The van der Waals surface area contributed by atoms with Gasteiger partial charge in [-0.15, -0.1) is 0 Å². The van der Waals surface area contributed by atoms with Crippen LogP contribution in [0.1, 0.15) is 86.5 Å². The van der Waals surface area contributed by atoms with E-state index >= 15 is 0 Å². The molecular weight excluding hydrogens is 462 g/mol. The Kier molecular flexibility index (Phi) is 5.51. The summed E-state index contributed by atoms with van der Waals surface area (Å²) in [5, 5.41) is 19.5. The molecule has 0 bridgehead atoms. The Balaban J connectivity index is 1.66. The number of hydrogen-bond donors (Lipinski definition) is 1. The molecule has 198 valence electrons. The van der Waals surface area contributed by atoms with Crippen LogP contribution in [0, 0.1) is 44.3 Å². The number of carboxylic acids is 1. The first-order valence-electron chi connectivity index (χ1n) is 13.7.